The molecule has 124 valence electrons. The summed E-state index contributed by atoms with van der Waals surface area (Å²) in [5, 5.41) is 15.9. The molecule has 2 rings (SSSR count). The number of nitrogens with one attached hydrogen (secondary N) is 1. The van der Waals surface area contributed by atoms with Gasteiger partial charge in [0.1, 0.15) is 5.75 Å². The van der Waals surface area contributed by atoms with Crippen LogP contribution in [-0.4, -0.2) is 40.0 Å². The fraction of sp³-hybridized carbons (Fsp3) is 0.412. The standard InChI is InChI=1S/C17H23N3O3/c1-13(21)10-18-17(22)4-3-9-23-16-7-5-14(6-8-16)15-11-19-20(2)12-15/h5-8,11-13,21H,3-4,9-10H2,1-2H3,(H,18,22)/t13-/m1/s1. The molecule has 1 aromatic carbocycles. The third-order valence-corrected chi connectivity index (χ3v) is 3.30. The van der Waals surface area contributed by atoms with E-state index in [0.29, 0.717) is 19.4 Å². The first-order chi connectivity index (χ1) is 11.0. The van der Waals surface area contributed by atoms with Gasteiger partial charge in [-0.1, -0.05) is 12.1 Å². The Balaban J connectivity index is 1.71. The molecule has 1 aromatic heterocycles. The van der Waals surface area contributed by atoms with Gasteiger partial charge in [-0.25, -0.2) is 0 Å². The van der Waals surface area contributed by atoms with Crippen molar-refractivity contribution in [3.63, 3.8) is 0 Å². The van der Waals surface area contributed by atoms with E-state index in [1.54, 1.807) is 11.6 Å². The van der Waals surface area contributed by atoms with Crippen LogP contribution in [0.2, 0.25) is 0 Å². The Morgan fingerprint density at radius 3 is 2.70 bits per heavy atom. The van der Waals surface area contributed by atoms with Crippen LogP contribution < -0.4 is 10.1 Å². The highest BCUT2D eigenvalue weighted by molar-refractivity contribution is 5.75. The van der Waals surface area contributed by atoms with Crippen molar-refractivity contribution >= 4 is 5.91 Å². The van der Waals surface area contributed by atoms with Gasteiger partial charge in [0, 0.05) is 31.8 Å². The summed E-state index contributed by atoms with van der Waals surface area (Å²) in [4.78, 5) is 11.5. The Morgan fingerprint density at radius 2 is 2.09 bits per heavy atom. The molecule has 0 aliphatic heterocycles. The molecule has 0 saturated carbocycles. The summed E-state index contributed by atoms with van der Waals surface area (Å²) in [6.45, 7) is 2.41. The molecular formula is C17H23N3O3. The highest BCUT2D eigenvalue weighted by atomic mass is 16.5. The normalized spacial score (nSPS) is 12.0. The molecule has 0 bridgehead atoms. The van der Waals surface area contributed by atoms with Crippen LogP contribution in [-0.2, 0) is 11.8 Å². The van der Waals surface area contributed by atoms with Gasteiger partial charge < -0.3 is 15.2 Å². The second kappa shape index (κ2) is 8.33. The molecule has 2 aromatic rings. The van der Waals surface area contributed by atoms with E-state index < -0.39 is 6.10 Å². The molecule has 1 atom stereocenters. The van der Waals surface area contributed by atoms with Gasteiger partial charge in [0.25, 0.3) is 0 Å². The van der Waals surface area contributed by atoms with Crippen molar-refractivity contribution in [1.29, 1.82) is 0 Å². The lowest BCUT2D eigenvalue weighted by Crippen LogP contribution is -2.30. The molecule has 6 nitrogen and oxygen atoms in total. The van der Waals surface area contributed by atoms with Crippen LogP contribution >= 0.6 is 0 Å². The van der Waals surface area contributed by atoms with Gasteiger partial charge in [-0.3, -0.25) is 9.48 Å². The Hall–Kier alpha value is -2.34. The van der Waals surface area contributed by atoms with Crippen molar-refractivity contribution in [2.45, 2.75) is 25.9 Å². The van der Waals surface area contributed by atoms with Crippen molar-refractivity contribution in [3.8, 4) is 16.9 Å². The van der Waals surface area contributed by atoms with Gasteiger partial charge in [-0.05, 0) is 31.0 Å². The highest BCUT2D eigenvalue weighted by Gasteiger charge is 2.04. The van der Waals surface area contributed by atoms with Crippen molar-refractivity contribution < 1.29 is 14.6 Å². The van der Waals surface area contributed by atoms with Crippen molar-refractivity contribution in [3.05, 3.63) is 36.7 Å². The Bertz CT molecular complexity index is 620. The summed E-state index contributed by atoms with van der Waals surface area (Å²) < 4.78 is 7.39. The number of aromatic nitrogens is 2. The van der Waals surface area contributed by atoms with Crippen LogP contribution in [0.3, 0.4) is 0 Å². The van der Waals surface area contributed by atoms with E-state index in [0.717, 1.165) is 16.9 Å². The van der Waals surface area contributed by atoms with E-state index in [1.165, 1.54) is 0 Å². The number of aliphatic hydroxyl groups is 1. The molecular weight excluding hydrogens is 294 g/mol. The second-order valence-electron chi connectivity index (χ2n) is 5.53. The lowest BCUT2D eigenvalue weighted by atomic mass is 10.1. The number of ether oxygens (including phenoxy) is 1. The van der Waals surface area contributed by atoms with E-state index in [1.807, 2.05) is 43.7 Å². The Kier molecular flexibility index (Phi) is 6.17. The summed E-state index contributed by atoms with van der Waals surface area (Å²) in [5.41, 5.74) is 2.15. The summed E-state index contributed by atoms with van der Waals surface area (Å²) in [7, 11) is 1.89. The van der Waals surface area contributed by atoms with Gasteiger partial charge in [0.15, 0.2) is 0 Å². The number of aliphatic hydroxyl groups excluding tert-OH is 1. The Labute approximate surface area is 136 Å². The fourth-order valence-corrected chi connectivity index (χ4v) is 2.09. The van der Waals surface area contributed by atoms with E-state index in [-0.39, 0.29) is 12.5 Å². The quantitative estimate of drug-likeness (QED) is 0.727. The number of carbonyl (C=O) groups excluding carboxylic acids is 1. The predicted molar refractivity (Wildman–Crippen MR) is 88.1 cm³/mol. The smallest absolute Gasteiger partial charge is 0.220 e. The van der Waals surface area contributed by atoms with Gasteiger partial charge >= 0.3 is 0 Å². The largest absolute Gasteiger partial charge is 0.494 e. The zero-order valence-corrected chi connectivity index (χ0v) is 13.5. The average molecular weight is 317 g/mol. The van der Waals surface area contributed by atoms with Gasteiger partial charge in [-0.2, -0.15) is 5.10 Å². The van der Waals surface area contributed by atoms with Crippen molar-refractivity contribution in [2.24, 2.45) is 7.05 Å². The van der Waals surface area contributed by atoms with Crippen LogP contribution in [0.25, 0.3) is 11.1 Å². The molecule has 0 saturated heterocycles. The minimum Gasteiger partial charge on any atom is -0.494 e. The molecule has 2 N–H and O–H groups in total. The summed E-state index contributed by atoms with van der Waals surface area (Å²) >= 11 is 0. The monoisotopic (exact) mass is 317 g/mol. The van der Waals surface area contributed by atoms with Crippen molar-refractivity contribution in [2.75, 3.05) is 13.2 Å². The number of hydrogen-bond acceptors (Lipinski definition) is 4. The maximum atomic E-state index is 11.5. The summed E-state index contributed by atoms with van der Waals surface area (Å²) in [6, 6.07) is 7.80. The topological polar surface area (TPSA) is 76.4 Å². The predicted octanol–water partition coefficient (Wildman–Crippen LogP) is 1.74. The summed E-state index contributed by atoms with van der Waals surface area (Å²) in [6.07, 6.45) is 4.29. The molecule has 0 spiro atoms. The number of carbonyl (C=O) groups is 1. The van der Waals surface area contributed by atoms with E-state index in [4.69, 9.17) is 9.84 Å². The number of amides is 1. The van der Waals surface area contributed by atoms with Crippen LogP contribution in [0.5, 0.6) is 5.75 Å². The molecule has 0 aliphatic carbocycles. The summed E-state index contributed by atoms with van der Waals surface area (Å²) in [5.74, 6) is 0.712. The van der Waals surface area contributed by atoms with Crippen LogP contribution in [0.4, 0.5) is 0 Å². The second-order valence-corrected chi connectivity index (χ2v) is 5.53. The third-order valence-electron chi connectivity index (χ3n) is 3.30. The molecule has 0 aliphatic rings. The molecule has 6 heteroatoms. The minimum absolute atomic E-state index is 0.0681. The molecule has 1 amide bonds. The Morgan fingerprint density at radius 1 is 1.35 bits per heavy atom. The molecule has 1 heterocycles. The zero-order chi connectivity index (χ0) is 16.7. The number of aryl methyl sites for hydroxylation is 1. The lowest BCUT2D eigenvalue weighted by Gasteiger charge is -2.08. The van der Waals surface area contributed by atoms with Gasteiger partial charge in [0.05, 0.1) is 18.9 Å². The number of rotatable bonds is 8. The first-order valence-electron chi connectivity index (χ1n) is 7.71. The number of hydrogen-bond donors (Lipinski definition) is 2. The fourth-order valence-electron chi connectivity index (χ4n) is 2.09. The first-order valence-corrected chi connectivity index (χ1v) is 7.71. The lowest BCUT2D eigenvalue weighted by molar-refractivity contribution is -0.121. The van der Waals surface area contributed by atoms with Gasteiger partial charge in [-0.15, -0.1) is 0 Å². The maximum absolute atomic E-state index is 11.5. The molecule has 0 unspecified atom stereocenters. The third kappa shape index (κ3) is 5.75. The number of nitrogens with zero attached hydrogens (tertiary/aromatic N) is 2. The SMILES string of the molecule is C[C@@H](O)CNC(=O)CCCOc1ccc(-c2cnn(C)c2)cc1. The average Bonchev–Trinajstić information content (AvgIpc) is 2.96. The van der Waals surface area contributed by atoms with Crippen LogP contribution in [0, 0.1) is 0 Å². The molecule has 23 heavy (non-hydrogen) atoms. The zero-order valence-electron chi connectivity index (χ0n) is 13.5. The molecule has 0 fully saturated rings. The van der Waals surface area contributed by atoms with Crippen LogP contribution in [0.1, 0.15) is 19.8 Å². The van der Waals surface area contributed by atoms with Crippen LogP contribution in [0.15, 0.2) is 36.7 Å². The van der Waals surface area contributed by atoms with Gasteiger partial charge in [0.2, 0.25) is 5.91 Å². The van der Waals surface area contributed by atoms with E-state index in [9.17, 15) is 4.79 Å². The molecule has 0 radical (unpaired) electrons. The van der Waals surface area contributed by atoms with E-state index in [2.05, 4.69) is 10.4 Å². The minimum atomic E-state index is -0.520. The van der Waals surface area contributed by atoms with E-state index >= 15 is 0 Å². The first kappa shape index (κ1) is 17.0. The number of benzene rings is 1. The highest BCUT2D eigenvalue weighted by Crippen LogP contribution is 2.21. The maximum Gasteiger partial charge on any atom is 0.220 e. The van der Waals surface area contributed by atoms with Crippen molar-refractivity contribution in [1.82, 2.24) is 15.1 Å².